The highest BCUT2D eigenvalue weighted by Gasteiger charge is 2.61. The molecular formula is C7H9F6NO2. The van der Waals surface area contributed by atoms with E-state index in [1.807, 2.05) is 0 Å². The van der Waals surface area contributed by atoms with Gasteiger partial charge in [-0.15, -0.1) is 0 Å². The third kappa shape index (κ3) is 3.87. The molecule has 16 heavy (non-hydrogen) atoms. The molecule has 0 aliphatic heterocycles. The maximum atomic E-state index is 12.1. The van der Waals surface area contributed by atoms with Crippen molar-refractivity contribution in [2.24, 2.45) is 11.7 Å². The van der Waals surface area contributed by atoms with Crippen LogP contribution in [0, 0.1) is 5.92 Å². The predicted molar refractivity (Wildman–Crippen MR) is 40.2 cm³/mol. The van der Waals surface area contributed by atoms with Crippen LogP contribution < -0.4 is 5.73 Å². The number of halogens is 6. The maximum absolute atomic E-state index is 12.1. The van der Waals surface area contributed by atoms with Crippen LogP contribution in [0.1, 0.15) is 6.92 Å². The van der Waals surface area contributed by atoms with E-state index in [-0.39, 0.29) is 6.61 Å². The molecule has 0 bridgehead atoms. The Morgan fingerprint density at radius 1 is 1.19 bits per heavy atom. The second-order valence-corrected chi connectivity index (χ2v) is 2.84. The first-order valence-electron chi connectivity index (χ1n) is 4.07. The zero-order chi connectivity index (χ0) is 13.1. The summed E-state index contributed by atoms with van der Waals surface area (Å²) in [5.74, 6) is -5.65. The Hall–Kier alpha value is -0.990. The Morgan fingerprint density at radius 2 is 1.56 bits per heavy atom. The smallest absolute Gasteiger partial charge is 0.402 e. The Labute approximate surface area is 86.5 Å². The number of esters is 1. The summed E-state index contributed by atoms with van der Waals surface area (Å²) in [5.41, 5.74) is 4.61. The molecule has 0 saturated carbocycles. The SMILES string of the molecule is CCOC(=O)[C@H](N)C(C(F)(F)F)C(F)(F)F. The van der Waals surface area contributed by atoms with Gasteiger partial charge in [-0.25, -0.2) is 0 Å². The van der Waals surface area contributed by atoms with Crippen molar-refractivity contribution in [2.75, 3.05) is 6.61 Å². The quantitative estimate of drug-likeness (QED) is 0.614. The standard InChI is InChI=1S/C7H9F6NO2/c1-2-16-5(15)3(14)4(6(8,9)10)7(11,12)13/h3-4H,2,14H2,1H3/t3-/m1/s1. The zero-order valence-corrected chi connectivity index (χ0v) is 8.02. The summed E-state index contributed by atoms with van der Waals surface area (Å²) in [4.78, 5) is 10.7. The van der Waals surface area contributed by atoms with Gasteiger partial charge < -0.3 is 10.5 Å². The van der Waals surface area contributed by atoms with Crippen LogP contribution in [0.2, 0.25) is 0 Å². The van der Waals surface area contributed by atoms with Gasteiger partial charge in [-0.3, -0.25) is 4.79 Å². The van der Waals surface area contributed by atoms with Gasteiger partial charge in [0.05, 0.1) is 6.61 Å². The lowest BCUT2D eigenvalue weighted by molar-refractivity contribution is -0.289. The minimum Gasteiger partial charge on any atom is -0.465 e. The molecule has 1 atom stereocenters. The number of carbonyl (C=O) groups excluding carboxylic acids is 1. The molecule has 0 radical (unpaired) electrons. The van der Waals surface area contributed by atoms with Crippen LogP contribution in [0.15, 0.2) is 0 Å². The molecule has 9 heteroatoms. The van der Waals surface area contributed by atoms with Crippen molar-refractivity contribution in [1.29, 1.82) is 0 Å². The van der Waals surface area contributed by atoms with Gasteiger partial charge in [-0.05, 0) is 6.92 Å². The topological polar surface area (TPSA) is 52.3 Å². The van der Waals surface area contributed by atoms with Crippen molar-refractivity contribution in [1.82, 2.24) is 0 Å². The Bertz CT molecular complexity index is 234. The second kappa shape index (κ2) is 4.89. The van der Waals surface area contributed by atoms with Gasteiger partial charge in [0, 0.05) is 0 Å². The van der Waals surface area contributed by atoms with Crippen molar-refractivity contribution >= 4 is 5.97 Å². The van der Waals surface area contributed by atoms with Gasteiger partial charge in [-0.2, -0.15) is 26.3 Å². The first-order valence-corrected chi connectivity index (χ1v) is 4.07. The third-order valence-electron chi connectivity index (χ3n) is 1.62. The van der Waals surface area contributed by atoms with Crippen molar-refractivity contribution in [3.05, 3.63) is 0 Å². The number of carbonyl (C=O) groups is 1. The van der Waals surface area contributed by atoms with E-state index in [0.717, 1.165) is 0 Å². The van der Waals surface area contributed by atoms with Gasteiger partial charge in [0.2, 0.25) is 0 Å². The largest absolute Gasteiger partial charge is 0.465 e. The molecule has 0 aromatic rings. The molecule has 0 spiro atoms. The van der Waals surface area contributed by atoms with Crippen LogP contribution >= 0.6 is 0 Å². The molecule has 0 amide bonds. The normalized spacial score (nSPS) is 15.1. The highest BCUT2D eigenvalue weighted by molar-refractivity contribution is 5.76. The monoisotopic (exact) mass is 253 g/mol. The van der Waals surface area contributed by atoms with E-state index >= 15 is 0 Å². The van der Waals surface area contributed by atoms with Crippen molar-refractivity contribution < 1.29 is 35.9 Å². The fraction of sp³-hybridized carbons (Fsp3) is 0.857. The zero-order valence-electron chi connectivity index (χ0n) is 8.02. The summed E-state index contributed by atoms with van der Waals surface area (Å²) >= 11 is 0. The molecule has 0 saturated heterocycles. The van der Waals surface area contributed by atoms with Crippen LogP contribution in [-0.2, 0) is 9.53 Å². The second-order valence-electron chi connectivity index (χ2n) is 2.84. The first kappa shape index (κ1) is 15.0. The molecule has 0 aromatic heterocycles. The van der Waals surface area contributed by atoms with Gasteiger partial charge in [0.1, 0.15) is 6.04 Å². The fourth-order valence-electron chi connectivity index (χ4n) is 0.967. The number of hydrogen-bond acceptors (Lipinski definition) is 3. The van der Waals surface area contributed by atoms with Gasteiger partial charge in [-0.1, -0.05) is 0 Å². The van der Waals surface area contributed by atoms with E-state index in [0.29, 0.717) is 0 Å². The predicted octanol–water partition coefficient (Wildman–Crippen LogP) is 1.62. The van der Waals surface area contributed by atoms with E-state index in [1.54, 1.807) is 0 Å². The maximum Gasteiger partial charge on any atom is 0.402 e. The third-order valence-corrected chi connectivity index (χ3v) is 1.62. The van der Waals surface area contributed by atoms with E-state index < -0.39 is 30.3 Å². The van der Waals surface area contributed by atoms with E-state index in [9.17, 15) is 31.1 Å². The average molecular weight is 253 g/mol. The molecule has 0 rings (SSSR count). The van der Waals surface area contributed by atoms with E-state index in [4.69, 9.17) is 0 Å². The molecule has 0 aliphatic rings. The molecule has 0 aliphatic carbocycles. The van der Waals surface area contributed by atoms with Crippen molar-refractivity contribution in [3.63, 3.8) is 0 Å². The lowest BCUT2D eigenvalue weighted by Gasteiger charge is -2.26. The molecule has 0 unspecified atom stereocenters. The molecule has 96 valence electrons. The highest BCUT2D eigenvalue weighted by atomic mass is 19.4. The highest BCUT2D eigenvalue weighted by Crippen LogP contribution is 2.40. The fourth-order valence-corrected chi connectivity index (χ4v) is 0.967. The Balaban J connectivity index is 5.00. The molecular weight excluding hydrogens is 244 g/mol. The Kier molecular flexibility index (Phi) is 4.59. The van der Waals surface area contributed by atoms with Crippen LogP contribution in [0.5, 0.6) is 0 Å². The van der Waals surface area contributed by atoms with Crippen LogP contribution in [0.25, 0.3) is 0 Å². The number of rotatable bonds is 3. The average Bonchev–Trinajstić information content (AvgIpc) is 1.98. The van der Waals surface area contributed by atoms with Gasteiger partial charge in [0.15, 0.2) is 5.92 Å². The molecule has 0 fully saturated rings. The molecule has 0 heterocycles. The van der Waals surface area contributed by atoms with Gasteiger partial charge in [0.25, 0.3) is 0 Å². The van der Waals surface area contributed by atoms with E-state index in [1.165, 1.54) is 6.92 Å². The number of hydrogen-bond donors (Lipinski definition) is 1. The van der Waals surface area contributed by atoms with E-state index in [2.05, 4.69) is 10.5 Å². The van der Waals surface area contributed by atoms with Crippen molar-refractivity contribution in [3.8, 4) is 0 Å². The summed E-state index contributed by atoms with van der Waals surface area (Å²) in [6, 6.07) is -2.81. The minimum absolute atomic E-state index is 0.352. The summed E-state index contributed by atoms with van der Waals surface area (Å²) in [7, 11) is 0. The number of nitrogens with two attached hydrogens (primary N) is 1. The lowest BCUT2D eigenvalue weighted by atomic mass is 9.99. The minimum atomic E-state index is -5.65. The van der Waals surface area contributed by atoms with Crippen LogP contribution in [0.3, 0.4) is 0 Å². The summed E-state index contributed by atoms with van der Waals surface area (Å²) in [6.45, 7) is 0.885. The van der Waals surface area contributed by atoms with Crippen molar-refractivity contribution in [2.45, 2.75) is 25.3 Å². The molecule has 3 nitrogen and oxygen atoms in total. The summed E-state index contributed by atoms with van der Waals surface area (Å²) in [6.07, 6.45) is -11.3. The number of ether oxygens (including phenoxy) is 1. The number of alkyl halides is 6. The summed E-state index contributed by atoms with van der Waals surface area (Å²) in [5, 5.41) is 0. The Morgan fingerprint density at radius 3 is 1.81 bits per heavy atom. The van der Waals surface area contributed by atoms with Crippen LogP contribution in [-0.4, -0.2) is 31.0 Å². The van der Waals surface area contributed by atoms with Crippen LogP contribution in [0.4, 0.5) is 26.3 Å². The molecule has 0 aromatic carbocycles. The lowest BCUT2D eigenvalue weighted by Crippen LogP contribution is -2.53. The summed E-state index contributed by atoms with van der Waals surface area (Å²) < 4.78 is 76.4. The first-order chi connectivity index (χ1) is 7.01. The molecule has 2 N–H and O–H groups in total. The van der Waals surface area contributed by atoms with Gasteiger partial charge >= 0.3 is 18.3 Å².